The molecule has 4 N–H and O–H groups in total. The van der Waals surface area contributed by atoms with Gasteiger partial charge in [0.25, 0.3) is 0 Å². The van der Waals surface area contributed by atoms with E-state index in [1.165, 1.54) is 22.3 Å². The maximum Gasteiger partial charge on any atom is 0.109 e. The van der Waals surface area contributed by atoms with Gasteiger partial charge in [-0.1, -0.05) is 48.5 Å². The van der Waals surface area contributed by atoms with Crippen molar-refractivity contribution in [3.8, 4) is 11.1 Å². The first-order chi connectivity index (χ1) is 15.0. The number of β-amino-alcohol motifs (C(OH)–C–C–N with tert-alkyl or cyclic N) is 1. The minimum absolute atomic E-state index is 0.240. The summed E-state index contributed by atoms with van der Waals surface area (Å²) in [6.45, 7) is 4.06. The van der Waals surface area contributed by atoms with Crippen molar-refractivity contribution in [1.82, 2.24) is 4.90 Å². The molecule has 0 aliphatic carbocycles. The Bertz CT molecular complexity index is 800. The summed E-state index contributed by atoms with van der Waals surface area (Å²) < 4.78 is 5.86. The number of rotatable bonds is 10. The molecule has 1 fully saturated rings. The highest BCUT2D eigenvalue weighted by molar-refractivity contribution is 5.64. The topological polar surface area (TPSA) is 93.4 Å². The molecule has 0 radical (unpaired) electrons. The van der Waals surface area contributed by atoms with Gasteiger partial charge in [-0.3, -0.25) is 4.90 Å². The van der Waals surface area contributed by atoms with Crippen LogP contribution < -0.4 is 0 Å². The Hall–Kier alpha value is -1.80. The summed E-state index contributed by atoms with van der Waals surface area (Å²) in [6, 6.07) is 16.3. The smallest absolute Gasteiger partial charge is 0.109 e. The second-order valence-electron chi connectivity index (χ2n) is 8.41. The molecule has 170 valence electrons. The largest absolute Gasteiger partial charge is 0.395 e. The van der Waals surface area contributed by atoms with Crippen LogP contribution in [0.1, 0.15) is 30.4 Å². The van der Waals surface area contributed by atoms with Crippen LogP contribution in [0.3, 0.4) is 0 Å². The van der Waals surface area contributed by atoms with Crippen LogP contribution in [0, 0.1) is 6.92 Å². The summed E-state index contributed by atoms with van der Waals surface area (Å²) in [7, 11) is 0. The van der Waals surface area contributed by atoms with E-state index in [1.807, 2.05) is 23.1 Å². The molecule has 31 heavy (non-hydrogen) atoms. The van der Waals surface area contributed by atoms with Gasteiger partial charge in [0.1, 0.15) is 12.2 Å². The van der Waals surface area contributed by atoms with Gasteiger partial charge in [-0.2, -0.15) is 0 Å². The molecule has 2 aromatic carbocycles. The maximum atomic E-state index is 10.0. The Morgan fingerprint density at radius 3 is 2.42 bits per heavy atom. The number of benzene rings is 2. The van der Waals surface area contributed by atoms with E-state index in [-0.39, 0.29) is 13.2 Å². The number of aryl methyl sites for hydroxylation is 1. The van der Waals surface area contributed by atoms with E-state index in [0.29, 0.717) is 19.8 Å². The van der Waals surface area contributed by atoms with Gasteiger partial charge in [-0.15, -0.1) is 0 Å². The Balaban J connectivity index is 1.35. The van der Waals surface area contributed by atoms with Crippen molar-refractivity contribution in [2.75, 3.05) is 26.3 Å². The highest BCUT2D eigenvalue weighted by Crippen LogP contribution is 2.23. The van der Waals surface area contributed by atoms with Crippen LogP contribution in [-0.2, 0) is 11.3 Å². The van der Waals surface area contributed by atoms with E-state index in [2.05, 4.69) is 37.3 Å². The predicted octanol–water partition coefficient (Wildman–Crippen LogP) is 2.11. The van der Waals surface area contributed by atoms with Gasteiger partial charge in [-0.25, -0.2) is 0 Å². The molecule has 0 unspecified atom stereocenters. The average Bonchev–Trinajstić information content (AvgIpc) is 2.78. The van der Waals surface area contributed by atoms with Crippen molar-refractivity contribution in [3.05, 3.63) is 59.7 Å². The van der Waals surface area contributed by atoms with Crippen molar-refractivity contribution in [1.29, 1.82) is 0 Å². The molecule has 1 aliphatic rings. The standard InChI is InChI=1S/C25H35NO5/c1-18-14-20(19-8-4-2-5-9-19)10-11-21(18)17-31-13-7-3-6-12-26-15-23(28)25(30)24(29)22(26)16-27/h2,4-5,8-11,14,22-25,27-30H,3,6-7,12-13,15-17H2,1H3/t22-,23+,24-,25-/m1/s1. The number of nitrogens with zero attached hydrogens (tertiary/aromatic N) is 1. The number of hydrogen-bond donors (Lipinski definition) is 4. The van der Waals surface area contributed by atoms with Crippen LogP contribution >= 0.6 is 0 Å². The Morgan fingerprint density at radius 1 is 0.935 bits per heavy atom. The summed E-state index contributed by atoms with van der Waals surface area (Å²) in [4.78, 5) is 1.86. The third-order valence-corrected chi connectivity index (χ3v) is 6.16. The second kappa shape index (κ2) is 11.7. The van der Waals surface area contributed by atoms with Crippen LogP contribution in [0.4, 0.5) is 0 Å². The van der Waals surface area contributed by atoms with Gasteiger partial charge < -0.3 is 25.2 Å². The lowest BCUT2D eigenvalue weighted by atomic mass is 9.94. The van der Waals surface area contributed by atoms with Crippen LogP contribution in [-0.4, -0.2) is 76.0 Å². The normalized spacial score (nSPS) is 24.4. The van der Waals surface area contributed by atoms with E-state index >= 15 is 0 Å². The lowest BCUT2D eigenvalue weighted by molar-refractivity contribution is -0.145. The second-order valence-corrected chi connectivity index (χ2v) is 8.41. The van der Waals surface area contributed by atoms with Crippen LogP contribution in [0.5, 0.6) is 0 Å². The van der Waals surface area contributed by atoms with Crippen molar-refractivity contribution in [2.24, 2.45) is 0 Å². The Morgan fingerprint density at radius 2 is 1.71 bits per heavy atom. The number of aliphatic hydroxyl groups excluding tert-OH is 4. The molecule has 0 spiro atoms. The molecule has 0 amide bonds. The van der Waals surface area contributed by atoms with Gasteiger partial charge in [0.05, 0.1) is 25.4 Å². The molecule has 1 aliphatic heterocycles. The molecule has 0 aromatic heterocycles. The highest BCUT2D eigenvalue weighted by Gasteiger charge is 2.40. The predicted molar refractivity (Wildman–Crippen MR) is 121 cm³/mol. The third-order valence-electron chi connectivity index (χ3n) is 6.16. The molecule has 6 heteroatoms. The average molecular weight is 430 g/mol. The number of likely N-dealkylation sites (tertiary alicyclic amines) is 1. The molecule has 6 nitrogen and oxygen atoms in total. The molecular weight excluding hydrogens is 394 g/mol. The van der Waals surface area contributed by atoms with Crippen LogP contribution in [0.25, 0.3) is 11.1 Å². The van der Waals surface area contributed by atoms with Crippen molar-refractivity contribution >= 4 is 0 Å². The summed E-state index contributed by atoms with van der Waals surface area (Å²) in [6.07, 6.45) is -0.569. The molecule has 1 heterocycles. The number of hydrogen-bond acceptors (Lipinski definition) is 6. The van der Waals surface area contributed by atoms with Crippen molar-refractivity contribution in [2.45, 2.75) is 57.1 Å². The summed E-state index contributed by atoms with van der Waals surface area (Å²) in [5, 5.41) is 39.2. The minimum Gasteiger partial charge on any atom is -0.395 e. The number of ether oxygens (including phenoxy) is 1. The highest BCUT2D eigenvalue weighted by atomic mass is 16.5. The van der Waals surface area contributed by atoms with Gasteiger partial charge in [-0.05, 0) is 55.0 Å². The maximum absolute atomic E-state index is 10.0. The monoisotopic (exact) mass is 429 g/mol. The third kappa shape index (κ3) is 6.35. The first-order valence-corrected chi connectivity index (χ1v) is 11.1. The molecule has 0 saturated carbocycles. The zero-order valence-electron chi connectivity index (χ0n) is 18.2. The van der Waals surface area contributed by atoms with E-state index in [0.717, 1.165) is 19.3 Å². The number of unbranched alkanes of at least 4 members (excludes halogenated alkanes) is 2. The van der Waals surface area contributed by atoms with Gasteiger partial charge >= 0.3 is 0 Å². The minimum atomic E-state index is -1.20. The zero-order valence-corrected chi connectivity index (χ0v) is 18.2. The fourth-order valence-electron chi connectivity index (χ4n) is 4.18. The van der Waals surface area contributed by atoms with E-state index < -0.39 is 24.4 Å². The first-order valence-electron chi connectivity index (χ1n) is 11.1. The fraction of sp³-hybridized carbons (Fsp3) is 0.520. The SMILES string of the molecule is Cc1cc(-c2ccccc2)ccc1COCCCCCN1C[C@H](O)[C@@H](O)[C@H](O)[C@H]1CO. The summed E-state index contributed by atoms with van der Waals surface area (Å²) >= 11 is 0. The first kappa shape index (κ1) is 23.9. The van der Waals surface area contributed by atoms with E-state index in [1.54, 1.807) is 0 Å². The summed E-state index contributed by atoms with van der Waals surface area (Å²) in [5.74, 6) is 0. The van der Waals surface area contributed by atoms with Crippen LogP contribution in [0.15, 0.2) is 48.5 Å². The van der Waals surface area contributed by atoms with Gasteiger partial charge in [0.15, 0.2) is 0 Å². The van der Waals surface area contributed by atoms with Crippen molar-refractivity contribution < 1.29 is 25.2 Å². The van der Waals surface area contributed by atoms with Crippen molar-refractivity contribution in [3.63, 3.8) is 0 Å². The molecule has 3 rings (SSSR count). The Kier molecular flexibility index (Phi) is 9.02. The molecular formula is C25H35NO5. The number of aliphatic hydroxyl groups is 4. The fourth-order valence-corrected chi connectivity index (χ4v) is 4.18. The molecule has 2 aromatic rings. The molecule has 4 atom stereocenters. The van der Waals surface area contributed by atoms with Gasteiger partial charge in [0.2, 0.25) is 0 Å². The molecule has 0 bridgehead atoms. The summed E-state index contributed by atoms with van der Waals surface area (Å²) in [5.41, 5.74) is 4.84. The van der Waals surface area contributed by atoms with Crippen LogP contribution in [0.2, 0.25) is 0 Å². The van der Waals surface area contributed by atoms with E-state index in [9.17, 15) is 20.4 Å². The lowest BCUT2D eigenvalue weighted by Gasteiger charge is -2.43. The quantitative estimate of drug-likeness (QED) is 0.432. The van der Waals surface area contributed by atoms with E-state index in [4.69, 9.17) is 4.74 Å². The van der Waals surface area contributed by atoms with Gasteiger partial charge in [0, 0.05) is 13.2 Å². The molecule has 1 saturated heterocycles. The number of piperidine rings is 1. The Labute approximate surface area is 184 Å². The zero-order chi connectivity index (χ0) is 22.2. The lowest BCUT2D eigenvalue weighted by Crippen LogP contribution is -2.62.